The highest BCUT2D eigenvalue weighted by atomic mass is 35.5. The zero-order chi connectivity index (χ0) is 18.6. The summed E-state index contributed by atoms with van der Waals surface area (Å²) in [7, 11) is 0. The van der Waals surface area contributed by atoms with Crippen LogP contribution in [0.5, 0.6) is 0 Å². The largest absolute Gasteiger partial charge is 0.310 e. The highest BCUT2D eigenvalue weighted by Gasteiger charge is 2.16. The van der Waals surface area contributed by atoms with Crippen molar-refractivity contribution in [2.24, 2.45) is 0 Å². The zero-order valence-electron chi connectivity index (χ0n) is 14.9. The minimum atomic E-state index is -0.129. The Kier molecular flexibility index (Phi) is 5.32. The van der Waals surface area contributed by atoms with E-state index in [1.54, 1.807) is 18.2 Å². The molecule has 0 fully saturated rings. The zero-order valence-corrected chi connectivity index (χ0v) is 15.7. The Morgan fingerprint density at radius 3 is 2.89 bits per heavy atom. The third-order valence-electron chi connectivity index (χ3n) is 4.97. The molecule has 0 aliphatic carbocycles. The monoisotopic (exact) mass is 380 g/mol. The number of fused-ring (bicyclic) bond motifs is 1. The third kappa shape index (κ3) is 4.10. The van der Waals surface area contributed by atoms with E-state index in [4.69, 9.17) is 11.6 Å². The van der Waals surface area contributed by atoms with Crippen LogP contribution in [0.2, 0.25) is 5.02 Å². The molecule has 0 spiro atoms. The van der Waals surface area contributed by atoms with Gasteiger partial charge >= 0.3 is 0 Å². The number of benzene rings is 1. The summed E-state index contributed by atoms with van der Waals surface area (Å²) in [6.45, 7) is 0.878. The summed E-state index contributed by atoms with van der Waals surface area (Å²) in [5, 5.41) is 4.60. The fourth-order valence-corrected chi connectivity index (χ4v) is 3.80. The van der Waals surface area contributed by atoms with Crippen molar-refractivity contribution >= 4 is 28.1 Å². The first kappa shape index (κ1) is 17.9. The number of aryl methyl sites for hydroxylation is 1. The van der Waals surface area contributed by atoms with Crippen LogP contribution in [0.25, 0.3) is 16.5 Å². The van der Waals surface area contributed by atoms with Gasteiger partial charge in [0.2, 0.25) is 0 Å². The lowest BCUT2D eigenvalue weighted by atomic mass is 9.93. The van der Waals surface area contributed by atoms with Gasteiger partial charge in [0.15, 0.2) is 0 Å². The predicted octanol–water partition coefficient (Wildman–Crippen LogP) is 3.74. The van der Waals surface area contributed by atoms with Gasteiger partial charge in [-0.1, -0.05) is 23.7 Å². The van der Waals surface area contributed by atoms with Crippen LogP contribution in [0.1, 0.15) is 30.7 Å². The molecule has 5 nitrogen and oxygen atoms in total. The second-order valence-corrected chi connectivity index (χ2v) is 7.22. The maximum Gasteiger partial charge on any atom is 0.258 e. The number of aromatic amines is 1. The second-order valence-electron chi connectivity index (χ2n) is 6.82. The van der Waals surface area contributed by atoms with Crippen molar-refractivity contribution in [1.82, 2.24) is 20.3 Å². The first-order valence-corrected chi connectivity index (χ1v) is 9.59. The Balaban J connectivity index is 1.39. The van der Waals surface area contributed by atoms with Gasteiger partial charge in [0, 0.05) is 31.4 Å². The average molecular weight is 381 g/mol. The Bertz CT molecular complexity index is 1030. The predicted molar refractivity (Wildman–Crippen MR) is 109 cm³/mol. The van der Waals surface area contributed by atoms with Crippen LogP contribution >= 0.6 is 11.6 Å². The summed E-state index contributed by atoms with van der Waals surface area (Å²) in [6, 6.07) is 9.82. The first-order chi connectivity index (χ1) is 13.2. The summed E-state index contributed by atoms with van der Waals surface area (Å²) in [5.74, 6) is 0.696. The molecule has 138 valence electrons. The number of nitrogens with one attached hydrogen (secondary N) is 2. The molecule has 1 atom stereocenters. The maximum atomic E-state index is 12.2. The van der Waals surface area contributed by atoms with Crippen molar-refractivity contribution in [2.75, 3.05) is 6.54 Å². The van der Waals surface area contributed by atoms with E-state index in [-0.39, 0.29) is 5.56 Å². The number of halogens is 1. The maximum absolute atomic E-state index is 12.2. The molecule has 1 aromatic carbocycles. The van der Waals surface area contributed by atoms with Gasteiger partial charge in [-0.15, -0.1) is 0 Å². The van der Waals surface area contributed by atoms with Gasteiger partial charge in [-0.2, -0.15) is 0 Å². The Hall–Kier alpha value is -2.50. The standard InChI is InChI=1S/C21H21ClN4O/c22-18-5-2-4-17-20(18)25-19(26-21(17)27)6-1-3-16-13-15(9-12-24-16)14-7-10-23-11-8-14/h2,4-5,7-11,16,24H,1,3,6,12-13H2,(H,25,26,27). The molecule has 27 heavy (non-hydrogen) atoms. The molecule has 1 aliphatic heterocycles. The van der Waals surface area contributed by atoms with Gasteiger partial charge in [0.25, 0.3) is 5.56 Å². The van der Waals surface area contributed by atoms with E-state index in [1.807, 2.05) is 12.4 Å². The van der Waals surface area contributed by atoms with Gasteiger partial charge in [-0.25, -0.2) is 4.98 Å². The molecule has 0 saturated carbocycles. The van der Waals surface area contributed by atoms with Crippen molar-refractivity contribution in [1.29, 1.82) is 0 Å². The summed E-state index contributed by atoms with van der Waals surface area (Å²) < 4.78 is 0. The number of H-pyrrole nitrogens is 1. The van der Waals surface area contributed by atoms with E-state index < -0.39 is 0 Å². The second kappa shape index (κ2) is 8.03. The minimum Gasteiger partial charge on any atom is -0.310 e. The van der Waals surface area contributed by atoms with Crippen LogP contribution in [0.3, 0.4) is 0 Å². The molecule has 0 bridgehead atoms. The van der Waals surface area contributed by atoms with Crippen molar-refractivity contribution < 1.29 is 0 Å². The van der Waals surface area contributed by atoms with Gasteiger partial charge in [-0.3, -0.25) is 9.78 Å². The highest BCUT2D eigenvalue weighted by molar-refractivity contribution is 6.34. The Morgan fingerprint density at radius 1 is 1.19 bits per heavy atom. The van der Waals surface area contributed by atoms with Crippen LogP contribution in [-0.4, -0.2) is 27.5 Å². The molecule has 0 amide bonds. The van der Waals surface area contributed by atoms with E-state index in [0.717, 1.165) is 32.2 Å². The summed E-state index contributed by atoms with van der Waals surface area (Å²) in [4.78, 5) is 23.8. The number of rotatable bonds is 5. The highest BCUT2D eigenvalue weighted by Crippen LogP contribution is 2.24. The third-order valence-corrected chi connectivity index (χ3v) is 5.28. The smallest absolute Gasteiger partial charge is 0.258 e. The van der Waals surface area contributed by atoms with E-state index in [9.17, 15) is 4.79 Å². The molecule has 2 N–H and O–H groups in total. The molecule has 3 heterocycles. The first-order valence-electron chi connectivity index (χ1n) is 9.21. The lowest BCUT2D eigenvalue weighted by molar-refractivity contribution is 0.483. The van der Waals surface area contributed by atoms with Crippen LogP contribution in [0.4, 0.5) is 0 Å². The normalized spacial score (nSPS) is 17.1. The fraction of sp³-hybridized carbons (Fsp3) is 0.286. The van der Waals surface area contributed by atoms with Crippen molar-refractivity contribution in [3.05, 3.63) is 75.6 Å². The average Bonchev–Trinajstić information content (AvgIpc) is 2.70. The molecule has 6 heteroatoms. The number of aromatic nitrogens is 3. The van der Waals surface area contributed by atoms with Crippen LogP contribution in [0, 0.1) is 0 Å². The summed E-state index contributed by atoms with van der Waals surface area (Å²) in [5.41, 5.74) is 3.06. The van der Waals surface area contributed by atoms with E-state index in [0.29, 0.717) is 27.8 Å². The van der Waals surface area contributed by atoms with Gasteiger partial charge in [0.1, 0.15) is 5.82 Å². The summed E-state index contributed by atoms with van der Waals surface area (Å²) in [6.07, 6.45) is 9.60. The van der Waals surface area contributed by atoms with E-state index >= 15 is 0 Å². The lowest BCUT2D eigenvalue weighted by Crippen LogP contribution is -2.33. The topological polar surface area (TPSA) is 70.7 Å². The molecule has 0 saturated heterocycles. The van der Waals surface area contributed by atoms with E-state index in [2.05, 4.69) is 38.5 Å². The Labute approximate surface area is 162 Å². The molecule has 2 aromatic heterocycles. The van der Waals surface area contributed by atoms with Gasteiger partial charge in [0.05, 0.1) is 15.9 Å². The van der Waals surface area contributed by atoms with Crippen molar-refractivity contribution in [3.63, 3.8) is 0 Å². The quantitative estimate of drug-likeness (QED) is 0.707. The fourth-order valence-electron chi connectivity index (χ4n) is 3.58. The number of para-hydroxylation sites is 1. The number of pyridine rings is 1. The van der Waals surface area contributed by atoms with Crippen LogP contribution < -0.4 is 10.9 Å². The number of hydrogen-bond acceptors (Lipinski definition) is 4. The molecule has 4 rings (SSSR count). The number of hydrogen-bond donors (Lipinski definition) is 2. The molecular formula is C21H21ClN4O. The lowest BCUT2D eigenvalue weighted by Gasteiger charge is -2.24. The summed E-state index contributed by atoms with van der Waals surface area (Å²) >= 11 is 6.20. The van der Waals surface area contributed by atoms with Crippen LogP contribution in [-0.2, 0) is 6.42 Å². The molecule has 0 radical (unpaired) electrons. The van der Waals surface area contributed by atoms with Gasteiger partial charge in [-0.05, 0) is 54.7 Å². The molecule has 1 unspecified atom stereocenters. The number of nitrogens with zero attached hydrogens (tertiary/aromatic N) is 2. The van der Waals surface area contributed by atoms with Crippen LogP contribution in [0.15, 0.2) is 53.6 Å². The molecule has 3 aromatic rings. The Morgan fingerprint density at radius 2 is 2.04 bits per heavy atom. The van der Waals surface area contributed by atoms with Gasteiger partial charge < -0.3 is 10.3 Å². The molecular weight excluding hydrogens is 360 g/mol. The molecule has 1 aliphatic rings. The van der Waals surface area contributed by atoms with Crippen molar-refractivity contribution in [3.8, 4) is 0 Å². The van der Waals surface area contributed by atoms with E-state index in [1.165, 1.54) is 11.1 Å². The van der Waals surface area contributed by atoms with Crippen molar-refractivity contribution in [2.45, 2.75) is 31.7 Å². The SMILES string of the molecule is O=c1[nH]c(CCCC2CC(c3ccncc3)=CCN2)nc2c(Cl)cccc12. The minimum absolute atomic E-state index is 0.129.